The number of amides is 4. The smallest absolute Gasteiger partial charge is 0.406 e. The van der Waals surface area contributed by atoms with Gasteiger partial charge in [-0.25, -0.2) is 8.78 Å². The van der Waals surface area contributed by atoms with Crippen molar-refractivity contribution >= 4 is 35.3 Å². The lowest BCUT2D eigenvalue weighted by molar-refractivity contribution is -0.275. The number of anilines is 2. The maximum Gasteiger partial charge on any atom is 0.573 e. The van der Waals surface area contributed by atoms with E-state index in [0.29, 0.717) is 43.9 Å². The number of ether oxygens (including phenoxy) is 2. The minimum atomic E-state index is -4.94. The molecule has 0 atom stereocenters. The number of unbranched alkanes of at least 4 members (excludes halogenated alkanes) is 2. The molecular weight excluding hydrogens is 1090 g/mol. The van der Waals surface area contributed by atoms with E-state index in [4.69, 9.17) is 0 Å². The molecule has 21 nitrogen and oxygen atoms in total. The van der Waals surface area contributed by atoms with Gasteiger partial charge in [0.05, 0.1) is 48.9 Å². The number of halogens is 8. The molecular formula is C53H49F8N15O6. The minimum Gasteiger partial charge on any atom is -0.406 e. The van der Waals surface area contributed by atoms with Gasteiger partial charge in [0, 0.05) is 37.0 Å². The van der Waals surface area contributed by atoms with Crippen LogP contribution >= 0.6 is 0 Å². The van der Waals surface area contributed by atoms with Gasteiger partial charge in [-0.15, -0.1) is 46.7 Å². The van der Waals surface area contributed by atoms with E-state index in [0.717, 1.165) is 73.3 Å². The molecule has 428 valence electrons. The summed E-state index contributed by atoms with van der Waals surface area (Å²) in [6.07, 6.45) is -2.01. The highest BCUT2D eigenvalue weighted by Crippen LogP contribution is 2.27. The molecule has 0 aliphatic heterocycles. The zero-order valence-electron chi connectivity index (χ0n) is 43.0. The second kappa shape index (κ2) is 28.9. The molecule has 4 N–H and O–H groups in total. The molecule has 82 heavy (non-hydrogen) atoms. The lowest BCUT2D eigenvalue weighted by atomic mass is 10.1. The maximum atomic E-state index is 14.0. The summed E-state index contributed by atoms with van der Waals surface area (Å²) in [5, 5.41) is 42.2. The molecule has 8 rings (SSSR count). The number of benzene rings is 3. The van der Waals surface area contributed by atoms with Crippen LogP contribution in [0.1, 0.15) is 80.4 Å². The van der Waals surface area contributed by atoms with Crippen molar-refractivity contribution in [3.05, 3.63) is 185 Å². The van der Waals surface area contributed by atoms with Crippen LogP contribution in [0.3, 0.4) is 0 Å². The number of rotatable bonds is 24. The van der Waals surface area contributed by atoms with Crippen molar-refractivity contribution in [3.8, 4) is 11.5 Å². The van der Waals surface area contributed by atoms with E-state index in [1.165, 1.54) is 12.1 Å². The first-order chi connectivity index (χ1) is 39.3. The average Bonchev–Trinajstić information content (AvgIpc) is 4.16. The molecule has 0 unspecified atom stereocenters. The number of hydrogen-bond acceptors (Lipinski definition) is 15. The monoisotopic (exact) mass is 1140 g/mol. The van der Waals surface area contributed by atoms with E-state index in [1.807, 2.05) is 36.4 Å². The third-order valence-electron chi connectivity index (χ3n) is 11.3. The second-order valence-corrected chi connectivity index (χ2v) is 17.7. The standard InChI is InChI=1S/C27H25F4N7O3.C26H24F4N8O3/c28-22-11-10-21(41-27(29,30)31)14-19(22)15-25(39)33-24-12-9-20(34-36-24)8-4-5-13-38-17-23(35-37-38)26(40)32-16-18-6-2-1-3-7-18;27-21-9-8-20(41-26(28,29)30)13-17(21)14-24(39)33-23-10-7-18(34-36-23)5-2-4-12-38-16-22(35-37-38)25(40)32-15-19-6-1-3-11-31-19/h1-3,6-7,9-12,14,17H,4-5,8,13,15-16H2,(H,32,40)(H,33,36,39);1,3,6-11,13,16H,2,4-5,12,14-15H2,(H,32,40)(H,33,36,39). The van der Waals surface area contributed by atoms with Gasteiger partial charge in [0.2, 0.25) is 11.8 Å². The topological polar surface area (TPSA) is 261 Å². The summed E-state index contributed by atoms with van der Waals surface area (Å²) in [7, 11) is 0. The number of pyridine rings is 1. The Balaban J connectivity index is 0.000000236. The number of carbonyl (C=O) groups is 4. The molecule has 8 aromatic rings. The van der Waals surface area contributed by atoms with Crippen LogP contribution in [0.25, 0.3) is 0 Å². The number of aryl methyl sites for hydroxylation is 4. The van der Waals surface area contributed by atoms with Crippen molar-refractivity contribution in [1.29, 1.82) is 0 Å². The van der Waals surface area contributed by atoms with Crippen LogP contribution in [-0.4, -0.2) is 91.7 Å². The second-order valence-electron chi connectivity index (χ2n) is 17.7. The van der Waals surface area contributed by atoms with Crippen molar-refractivity contribution in [2.24, 2.45) is 0 Å². The lowest BCUT2D eigenvalue weighted by Gasteiger charge is -2.11. The number of alkyl halides is 6. The van der Waals surface area contributed by atoms with Gasteiger partial charge in [-0.2, -0.15) is 10.2 Å². The van der Waals surface area contributed by atoms with Crippen LogP contribution in [-0.2, 0) is 61.5 Å². The number of hydrogen-bond donors (Lipinski definition) is 4. The summed E-state index contributed by atoms with van der Waals surface area (Å²) < 4.78 is 113. The molecule has 0 fully saturated rings. The van der Waals surface area contributed by atoms with E-state index in [-0.39, 0.29) is 52.5 Å². The Morgan fingerprint density at radius 2 is 0.976 bits per heavy atom. The van der Waals surface area contributed by atoms with Gasteiger partial charge in [-0.3, -0.25) is 33.5 Å². The first-order valence-corrected chi connectivity index (χ1v) is 24.9. The lowest BCUT2D eigenvalue weighted by Crippen LogP contribution is -2.23. The summed E-state index contributed by atoms with van der Waals surface area (Å²) in [5.41, 5.74) is 2.95. The van der Waals surface area contributed by atoms with Crippen molar-refractivity contribution in [3.63, 3.8) is 0 Å². The molecule has 0 radical (unpaired) electrons. The van der Waals surface area contributed by atoms with Crippen LogP contribution in [0, 0.1) is 11.6 Å². The fourth-order valence-electron chi connectivity index (χ4n) is 7.42. The van der Waals surface area contributed by atoms with Gasteiger partial charge in [-0.1, -0.05) is 46.8 Å². The number of nitrogens with one attached hydrogen (secondary N) is 4. The van der Waals surface area contributed by atoms with Gasteiger partial charge in [0.15, 0.2) is 23.0 Å². The molecule has 0 saturated carbocycles. The first-order valence-electron chi connectivity index (χ1n) is 24.9. The Hall–Kier alpha value is -9.83. The third-order valence-corrected chi connectivity index (χ3v) is 11.3. The van der Waals surface area contributed by atoms with Gasteiger partial charge in [0.25, 0.3) is 11.8 Å². The molecule has 29 heteroatoms. The molecule has 3 aromatic carbocycles. The van der Waals surface area contributed by atoms with Crippen molar-refractivity contribution in [1.82, 2.24) is 66.0 Å². The van der Waals surface area contributed by atoms with E-state index in [2.05, 4.69) is 76.7 Å². The van der Waals surface area contributed by atoms with E-state index in [1.54, 1.807) is 52.2 Å². The fourth-order valence-corrected chi connectivity index (χ4v) is 7.42. The maximum absolute atomic E-state index is 14.0. The highest BCUT2D eigenvalue weighted by atomic mass is 19.4. The summed E-state index contributed by atoms with van der Waals surface area (Å²) in [6.45, 7) is 1.76. The van der Waals surface area contributed by atoms with Crippen molar-refractivity contribution < 1.29 is 63.8 Å². The predicted molar refractivity (Wildman–Crippen MR) is 274 cm³/mol. The van der Waals surface area contributed by atoms with Crippen molar-refractivity contribution in [2.75, 3.05) is 10.6 Å². The number of aromatic nitrogens is 11. The average molecular weight is 1140 g/mol. The normalized spacial score (nSPS) is 11.2. The highest BCUT2D eigenvalue weighted by molar-refractivity contribution is 5.93. The number of carbonyl (C=O) groups excluding carboxylic acids is 4. The van der Waals surface area contributed by atoms with Gasteiger partial charge in [0.1, 0.15) is 23.1 Å². The van der Waals surface area contributed by atoms with E-state index in [9.17, 15) is 54.3 Å². The Morgan fingerprint density at radius 3 is 1.41 bits per heavy atom. The fraction of sp³-hybridized carbons (Fsp3) is 0.264. The Labute approximate surface area is 460 Å². The Kier molecular flexibility index (Phi) is 21.1. The molecule has 5 heterocycles. The van der Waals surface area contributed by atoms with Crippen LogP contribution in [0.5, 0.6) is 11.5 Å². The zero-order chi connectivity index (χ0) is 58.5. The van der Waals surface area contributed by atoms with Crippen molar-refractivity contribution in [2.45, 2.75) is 90.3 Å². The zero-order valence-corrected chi connectivity index (χ0v) is 43.0. The first kappa shape index (κ1) is 59.8. The third kappa shape index (κ3) is 20.4. The van der Waals surface area contributed by atoms with Crippen LogP contribution < -0.4 is 30.7 Å². The van der Waals surface area contributed by atoms with Gasteiger partial charge >= 0.3 is 12.7 Å². The molecule has 0 saturated heterocycles. The van der Waals surface area contributed by atoms with E-state index >= 15 is 0 Å². The SMILES string of the molecule is O=C(Cc1cc(OC(F)(F)F)ccc1F)Nc1ccc(CCCCn2cc(C(=O)NCc3ccccc3)nn2)nn1.O=C(Cc1cc(OC(F)(F)F)ccc1F)Nc1ccc(CCCCn2cc(C(=O)NCc3ccccn3)nn2)nn1. The summed E-state index contributed by atoms with van der Waals surface area (Å²) in [5.74, 6) is -4.75. The van der Waals surface area contributed by atoms with Gasteiger partial charge < -0.3 is 30.7 Å². The highest BCUT2D eigenvalue weighted by Gasteiger charge is 2.32. The summed E-state index contributed by atoms with van der Waals surface area (Å²) in [4.78, 5) is 53.2. The summed E-state index contributed by atoms with van der Waals surface area (Å²) in [6, 6.07) is 26.2. The minimum absolute atomic E-state index is 0.110. The van der Waals surface area contributed by atoms with Crippen LogP contribution in [0.15, 0.2) is 128 Å². The quantitative estimate of drug-likeness (QED) is 0.0331. The molecule has 0 aliphatic carbocycles. The number of nitrogens with zero attached hydrogens (tertiary/aromatic N) is 11. The molecule has 5 aromatic heterocycles. The Bertz CT molecular complexity index is 3150. The summed E-state index contributed by atoms with van der Waals surface area (Å²) >= 11 is 0. The Morgan fingerprint density at radius 1 is 0.500 bits per heavy atom. The van der Waals surface area contributed by atoms with Crippen LogP contribution in [0.4, 0.5) is 46.8 Å². The van der Waals surface area contributed by atoms with Crippen LogP contribution in [0.2, 0.25) is 0 Å². The van der Waals surface area contributed by atoms with E-state index < -0.39 is 60.5 Å². The molecule has 0 bridgehead atoms. The predicted octanol–water partition coefficient (Wildman–Crippen LogP) is 7.87. The largest absolute Gasteiger partial charge is 0.573 e. The van der Waals surface area contributed by atoms with Gasteiger partial charge in [-0.05, 0) is 117 Å². The molecule has 0 aliphatic rings. The molecule has 0 spiro atoms. The molecule has 4 amide bonds.